The highest BCUT2D eigenvalue weighted by Gasteiger charge is 2.22. The lowest BCUT2D eigenvalue weighted by atomic mass is 10.1. The van der Waals surface area contributed by atoms with E-state index in [4.69, 9.17) is 0 Å². The van der Waals surface area contributed by atoms with Gasteiger partial charge in [0.1, 0.15) is 5.69 Å². The maximum Gasteiger partial charge on any atom is 0.241 e. The summed E-state index contributed by atoms with van der Waals surface area (Å²) in [4.78, 5) is 15.9. The van der Waals surface area contributed by atoms with Crippen molar-refractivity contribution in [2.24, 2.45) is 0 Å². The molecule has 0 bridgehead atoms. The number of anilines is 1. The summed E-state index contributed by atoms with van der Waals surface area (Å²) >= 11 is 1.67. The van der Waals surface area contributed by atoms with E-state index in [0.717, 1.165) is 28.4 Å². The van der Waals surface area contributed by atoms with E-state index in [0.29, 0.717) is 6.54 Å². The van der Waals surface area contributed by atoms with Gasteiger partial charge in [-0.2, -0.15) is 5.10 Å². The number of aromatic amines is 1. The lowest BCUT2D eigenvalue weighted by molar-refractivity contribution is -0.121. The summed E-state index contributed by atoms with van der Waals surface area (Å²) in [6, 6.07) is 13.8. The normalized spacial score (nSPS) is 12.3. The van der Waals surface area contributed by atoms with Crippen LogP contribution in [0.4, 0.5) is 5.69 Å². The van der Waals surface area contributed by atoms with Crippen molar-refractivity contribution in [3.63, 3.8) is 0 Å². The number of carbonyl (C=O) groups excluding carboxylic acids is 1. The van der Waals surface area contributed by atoms with Crippen LogP contribution < -0.4 is 5.32 Å². The largest absolute Gasteiger partial charge is 0.325 e. The van der Waals surface area contributed by atoms with E-state index >= 15 is 0 Å². The SMILES string of the molecule is CC[C@@H](C(=O)Nc1ccc(C)cc1)N(C)Cc1cc(-c2cccs2)n[nH]1. The molecule has 0 aliphatic rings. The Kier molecular flexibility index (Phi) is 5.85. The first-order valence-electron chi connectivity index (χ1n) is 8.72. The molecule has 3 aromatic rings. The van der Waals surface area contributed by atoms with Crippen molar-refractivity contribution < 1.29 is 4.79 Å². The zero-order chi connectivity index (χ0) is 18.5. The summed E-state index contributed by atoms with van der Waals surface area (Å²) in [6.45, 7) is 4.70. The van der Waals surface area contributed by atoms with E-state index in [1.807, 2.05) is 62.7 Å². The summed E-state index contributed by atoms with van der Waals surface area (Å²) in [5.41, 5.74) is 3.94. The fourth-order valence-electron chi connectivity index (χ4n) is 2.93. The van der Waals surface area contributed by atoms with Gasteiger partial charge in [0.05, 0.1) is 10.9 Å². The highest BCUT2D eigenvalue weighted by Crippen LogP contribution is 2.23. The predicted octanol–water partition coefficient (Wildman–Crippen LogP) is 4.30. The Balaban J connectivity index is 1.63. The Labute approximate surface area is 158 Å². The molecular formula is C20H24N4OS. The molecule has 6 heteroatoms. The van der Waals surface area contributed by atoms with Crippen LogP contribution >= 0.6 is 11.3 Å². The van der Waals surface area contributed by atoms with E-state index in [9.17, 15) is 4.79 Å². The van der Waals surface area contributed by atoms with Crippen LogP contribution in [0.2, 0.25) is 0 Å². The molecule has 0 spiro atoms. The number of thiophene rings is 1. The molecule has 2 N–H and O–H groups in total. The first-order chi connectivity index (χ1) is 12.6. The standard InChI is InChI=1S/C20H24N4OS/c1-4-18(20(25)21-15-9-7-14(2)8-10-15)24(3)13-16-12-17(23-22-16)19-6-5-11-26-19/h5-12,18H,4,13H2,1-3H3,(H,21,25)(H,22,23)/t18-/m0/s1. The Bertz CT molecular complexity index is 839. The van der Waals surface area contributed by atoms with Crippen LogP contribution in [-0.2, 0) is 11.3 Å². The Morgan fingerprint density at radius 1 is 1.31 bits per heavy atom. The van der Waals surface area contributed by atoms with Crippen molar-refractivity contribution in [1.82, 2.24) is 15.1 Å². The topological polar surface area (TPSA) is 61.0 Å². The zero-order valence-corrected chi connectivity index (χ0v) is 16.1. The molecule has 0 saturated carbocycles. The quantitative estimate of drug-likeness (QED) is 0.654. The van der Waals surface area contributed by atoms with E-state index < -0.39 is 0 Å². The van der Waals surface area contributed by atoms with Crippen LogP contribution in [0.3, 0.4) is 0 Å². The van der Waals surface area contributed by atoms with Gasteiger partial charge < -0.3 is 5.32 Å². The lowest BCUT2D eigenvalue weighted by Crippen LogP contribution is -2.41. The van der Waals surface area contributed by atoms with Gasteiger partial charge in [-0.15, -0.1) is 11.3 Å². The number of amides is 1. The number of likely N-dealkylation sites (N-methyl/N-ethyl adjacent to an activating group) is 1. The van der Waals surface area contributed by atoms with Gasteiger partial charge in [-0.3, -0.25) is 14.8 Å². The summed E-state index contributed by atoms with van der Waals surface area (Å²) in [5.74, 6) is 0.0110. The minimum atomic E-state index is -0.204. The summed E-state index contributed by atoms with van der Waals surface area (Å²) in [5, 5.41) is 12.5. The summed E-state index contributed by atoms with van der Waals surface area (Å²) < 4.78 is 0. The lowest BCUT2D eigenvalue weighted by Gasteiger charge is -2.25. The van der Waals surface area contributed by atoms with Gasteiger partial charge in [-0.1, -0.05) is 30.7 Å². The second-order valence-corrected chi connectivity index (χ2v) is 7.40. The molecule has 1 atom stereocenters. The van der Waals surface area contributed by atoms with E-state index in [-0.39, 0.29) is 11.9 Å². The van der Waals surface area contributed by atoms with E-state index in [2.05, 4.69) is 26.5 Å². The van der Waals surface area contributed by atoms with Crippen molar-refractivity contribution in [2.45, 2.75) is 32.9 Å². The van der Waals surface area contributed by atoms with Crippen LogP contribution in [0.15, 0.2) is 47.8 Å². The molecule has 0 aliphatic carbocycles. The first-order valence-corrected chi connectivity index (χ1v) is 9.60. The van der Waals surface area contributed by atoms with Crippen molar-refractivity contribution in [1.29, 1.82) is 0 Å². The molecule has 1 amide bonds. The number of carbonyl (C=O) groups is 1. The fourth-order valence-corrected chi connectivity index (χ4v) is 3.62. The Morgan fingerprint density at radius 3 is 2.73 bits per heavy atom. The molecule has 2 heterocycles. The number of hydrogen-bond acceptors (Lipinski definition) is 4. The third-order valence-corrected chi connectivity index (χ3v) is 5.26. The molecule has 26 heavy (non-hydrogen) atoms. The van der Waals surface area contributed by atoms with Crippen LogP contribution in [0.5, 0.6) is 0 Å². The van der Waals surface area contributed by atoms with Gasteiger partial charge in [0, 0.05) is 17.9 Å². The third kappa shape index (κ3) is 4.39. The number of benzene rings is 1. The van der Waals surface area contributed by atoms with E-state index in [1.54, 1.807) is 11.3 Å². The van der Waals surface area contributed by atoms with Gasteiger partial charge in [0.15, 0.2) is 0 Å². The maximum absolute atomic E-state index is 12.7. The molecule has 0 saturated heterocycles. The molecule has 2 aromatic heterocycles. The molecule has 3 rings (SSSR count). The number of rotatable bonds is 7. The first kappa shape index (κ1) is 18.4. The number of nitrogens with zero attached hydrogens (tertiary/aromatic N) is 2. The minimum Gasteiger partial charge on any atom is -0.325 e. The van der Waals surface area contributed by atoms with Crippen LogP contribution in [0, 0.1) is 6.92 Å². The second-order valence-electron chi connectivity index (χ2n) is 6.45. The van der Waals surface area contributed by atoms with Crippen molar-refractivity contribution in [2.75, 3.05) is 12.4 Å². The molecule has 5 nitrogen and oxygen atoms in total. The van der Waals surface area contributed by atoms with Crippen LogP contribution in [0.1, 0.15) is 24.6 Å². The zero-order valence-electron chi connectivity index (χ0n) is 15.3. The summed E-state index contributed by atoms with van der Waals surface area (Å²) in [6.07, 6.45) is 0.736. The number of H-pyrrole nitrogens is 1. The monoisotopic (exact) mass is 368 g/mol. The molecule has 0 radical (unpaired) electrons. The third-order valence-electron chi connectivity index (χ3n) is 4.36. The van der Waals surface area contributed by atoms with Gasteiger partial charge in [-0.05, 0) is 50.0 Å². The predicted molar refractivity (Wildman–Crippen MR) is 107 cm³/mol. The molecule has 0 aliphatic heterocycles. The van der Waals surface area contributed by atoms with Crippen molar-refractivity contribution in [3.05, 3.63) is 59.1 Å². The highest BCUT2D eigenvalue weighted by molar-refractivity contribution is 7.13. The van der Waals surface area contributed by atoms with Crippen LogP contribution in [0.25, 0.3) is 10.6 Å². The molecule has 136 valence electrons. The molecule has 1 aromatic carbocycles. The average Bonchev–Trinajstić information content (AvgIpc) is 3.29. The Morgan fingerprint density at radius 2 is 2.08 bits per heavy atom. The minimum absolute atomic E-state index is 0.0110. The Hall–Kier alpha value is -2.44. The second kappa shape index (κ2) is 8.29. The number of aryl methyl sites for hydroxylation is 1. The molecule has 0 fully saturated rings. The summed E-state index contributed by atoms with van der Waals surface area (Å²) in [7, 11) is 1.97. The average molecular weight is 369 g/mol. The highest BCUT2D eigenvalue weighted by atomic mass is 32.1. The van der Waals surface area contributed by atoms with Crippen molar-refractivity contribution >= 4 is 22.9 Å². The number of hydrogen-bond donors (Lipinski definition) is 2. The molecule has 0 unspecified atom stereocenters. The van der Waals surface area contributed by atoms with Gasteiger partial charge in [0.25, 0.3) is 0 Å². The smallest absolute Gasteiger partial charge is 0.241 e. The number of nitrogens with one attached hydrogen (secondary N) is 2. The molecular weight excluding hydrogens is 344 g/mol. The van der Waals surface area contributed by atoms with Crippen molar-refractivity contribution in [3.8, 4) is 10.6 Å². The van der Waals surface area contributed by atoms with Gasteiger partial charge in [0.2, 0.25) is 5.91 Å². The van der Waals surface area contributed by atoms with Gasteiger partial charge >= 0.3 is 0 Å². The van der Waals surface area contributed by atoms with Gasteiger partial charge in [-0.25, -0.2) is 0 Å². The maximum atomic E-state index is 12.7. The fraction of sp³-hybridized carbons (Fsp3) is 0.300. The van der Waals surface area contributed by atoms with Crippen LogP contribution in [-0.4, -0.2) is 34.1 Å². The number of aromatic nitrogens is 2. The van der Waals surface area contributed by atoms with E-state index in [1.165, 1.54) is 5.56 Å².